The first kappa shape index (κ1) is 30.9. The topological polar surface area (TPSA) is 80.9 Å². The lowest BCUT2D eigenvalue weighted by Crippen LogP contribution is -2.45. The number of nitrogens with zero attached hydrogens (tertiary/aromatic N) is 3. The molecule has 0 aliphatic rings. The van der Waals surface area contributed by atoms with E-state index >= 15 is 0 Å². The Morgan fingerprint density at radius 2 is 1.76 bits per heavy atom. The van der Waals surface area contributed by atoms with E-state index in [1.165, 1.54) is 23.1 Å². The predicted octanol–water partition coefficient (Wildman–Crippen LogP) is 6.17. The van der Waals surface area contributed by atoms with E-state index in [-0.39, 0.29) is 17.5 Å². The van der Waals surface area contributed by atoms with E-state index < -0.39 is 11.8 Å². The summed E-state index contributed by atoms with van der Waals surface area (Å²) in [6.45, 7) is 1.47. The maximum absolute atomic E-state index is 13.8. The number of anilines is 2. The van der Waals surface area contributed by atoms with Gasteiger partial charge in [0, 0.05) is 75.9 Å². The molecular weight excluding hydrogens is 557 g/mol. The second kappa shape index (κ2) is 14.7. The molecule has 4 rings (SSSR count). The van der Waals surface area contributed by atoms with Crippen molar-refractivity contribution in [3.05, 3.63) is 94.9 Å². The largest absolute Gasteiger partial charge is 0.385 e. The molecule has 0 unspecified atom stereocenters. The molecule has 10 heteroatoms. The zero-order chi connectivity index (χ0) is 30.1. The fourth-order valence-electron chi connectivity index (χ4n) is 4.70. The SMILES string of the molecule is COCCCN(CC(=O)N(CCc1c[nH]c2ccccc12)Cc1ccc(N(C)C)cc1)C(=O)Nc1ccc(F)c(Cl)c1. The van der Waals surface area contributed by atoms with E-state index in [0.29, 0.717) is 44.8 Å². The fraction of sp³-hybridized carbons (Fsp3) is 0.312. The first-order valence-electron chi connectivity index (χ1n) is 13.8. The number of benzene rings is 3. The average molecular weight is 594 g/mol. The molecule has 1 heterocycles. The molecule has 1 aromatic heterocycles. The Morgan fingerprint density at radius 3 is 2.48 bits per heavy atom. The third kappa shape index (κ3) is 8.24. The van der Waals surface area contributed by atoms with Gasteiger partial charge in [0.2, 0.25) is 5.91 Å². The van der Waals surface area contributed by atoms with E-state index in [4.69, 9.17) is 16.3 Å². The number of para-hydroxylation sites is 1. The third-order valence-electron chi connectivity index (χ3n) is 7.07. The van der Waals surface area contributed by atoms with Crippen molar-refractivity contribution < 1.29 is 18.7 Å². The molecule has 3 amide bonds. The number of carbonyl (C=O) groups is 2. The fourth-order valence-corrected chi connectivity index (χ4v) is 4.88. The maximum Gasteiger partial charge on any atom is 0.322 e. The molecule has 0 spiro atoms. The van der Waals surface area contributed by atoms with Gasteiger partial charge in [-0.25, -0.2) is 9.18 Å². The Hall–Kier alpha value is -4.08. The number of urea groups is 1. The van der Waals surface area contributed by atoms with Crippen molar-refractivity contribution in [3.8, 4) is 0 Å². The number of fused-ring (bicyclic) bond motifs is 1. The average Bonchev–Trinajstić information content (AvgIpc) is 3.40. The summed E-state index contributed by atoms with van der Waals surface area (Å²) in [6, 6.07) is 19.6. The van der Waals surface area contributed by atoms with Gasteiger partial charge in [0.25, 0.3) is 0 Å². The minimum atomic E-state index is -0.578. The second-order valence-corrected chi connectivity index (χ2v) is 10.7. The molecule has 0 atom stereocenters. The van der Waals surface area contributed by atoms with Gasteiger partial charge in [0.1, 0.15) is 12.4 Å². The number of hydrogen-bond donors (Lipinski definition) is 2. The summed E-state index contributed by atoms with van der Waals surface area (Å²) in [5.74, 6) is -0.762. The maximum atomic E-state index is 13.8. The monoisotopic (exact) mass is 593 g/mol. The van der Waals surface area contributed by atoms with Crippen molar-refractivity contribution in [2.75, 3.05) is 57.7 Å². The zero-order valence-corrected chi connectivity index (χ0v) is 25.0. The lowest BCUT2D eigenvalue weighted by molar-refractivity contribution is -0.132. The highest BCUT2D eigenvalue weighted by Crippen LogP contribution is 2.21. The molecule has 2 N–H and O–H groups in total. The van der Waals surface area contributed by atoms with Crippen LogP contribution in [0.2, 0.25) is 5.02 Å². The standard InChI is InChI=1S/C32H37ClFN5O3/c1-37(2)26-12-9-23(10-13-26)21-38(17-15-24-20-35-30-8-5-4-7-27(24)30)31(40)22-39(16-6-18-42-3)32(41)36-25-11-14-29(34)28(33)19-25/h4-5,7-14,19-20,35H,6,15-18,21-22H2,1-3H3,(H,36,41). The summed E-state index contributed by atoms with van der Waals surface area (Å²) in [7, 11) is 5.55. The van der Waals surface area contributed by atoms with Crippen LogP contribution < -0.4 is 10.2 Å². The van der Waals surface area contributed by atoms with Gasteiger partial charge in [0.15, 0.2) is 0 Å². The Labute approximate surface area is 251 Å². The van der Waals surface area contributed by atoms with Crippen molar-refractivity contribution in [1.82, 2.24) is 14.8 Å². The van der Waals surface area contributed by atoms with Gasteiger partial charge < -0.3 is 29.7 Å². The van der Waals surface area contributed by atoms with Gasteiger partial charge in [-0.15, -0.1) is 0 Å². The van der Waals surface area contributed by atoms with Crippen LogP contribution in [0.3, 0.4) is 0 Å². The molecule has 0 saturated carbocycles. The molecule has 0 bridgehead atoms. The number of ether oxygens (including phenoxy) is 1. The summed E-state index contributed by atoms with van der Waals surface area (Å²) in [5, 5.41) is 3.76. The van der Waals surface area contributed by atoms with Crippen LogP contribution in [0.5, 0.6) is 0 Å². The van der Waals surface area contributed by atoms with Crippen molar-refractivity contribution in [3.63, 3.8) is 0 Å². The summed E-state index contributed by atoms with van der Waals surface area (Å²) in [4.78, 5) is 35.7. The van der Waals surface area contributed by atoms with E-state index in [1.807, 2.05) is 67.7 Å². The molecule has 42 heavy (non-hydrogen) atoms. The first-order chi connectivity index (χ1) is 20.2. The summed E-state index contributed by atoms with van der Waals surface area (Å²) < 4.78 is 18.8. The number of aromatic nitrogens is 1. The summed E-state index contributed by atoms with van der Waals surface area (Å²) in [6.07, 6.45) is 3.18. The second-order valence-electron chi connectivity index (χ2n) is 10.3. The smallest absolute Gasteiger partial charge is 0.322 e. The van der Waals surface area contributed by atoms with Crippen LogP contribution in [-0.4, -0.2) is 74.2 Å². The third-order valence-corrected chi connectivity index (χ3v) is 7.36. The predicted molar refractivity (Wildman–Crippen MR) is 167 cm³/mol. The van der Waals surface area contributed by atoms with E-state index in [1.54, 1.807) is 12.0 Å². The normalized spacial score (nSPS) is 11.0. The lowest BCUT2D eigenvalue weighted by Gasteiger charge is -2.28. The van der Waals surface area contributed by atoms with Crippen molar-refractivity contribution >= 4 is 45.8 Å². The van der Waals surface area contributed by atoms with E-state index in [2.05, 4.69) is 16.4 Å². The Morgan fingerprint density at radius 1 is 1.00 bits per heavy atom. The number of methoxy groups -OCH3 is 1. The highest BCUT2D eigenvalue weighted by molar-refractivity contribution is 6.31. The first-order valence-corrected chi connectivity index (χ1v) is 14.2. The number of hydrogen-bond acceptors (Lipinski definition) is 4. The lowest BCUT2D eigenvalue weighted by atomic mass is 10.1. The van der Waals surface area contributed by atoms with Gasteiger partial charge in [-0.3, -0.25) is 4.79 Å². The quantitative estimate of drug-likeness (QED) is 0.182. The minimum absolute atomic E-state index is 0.0986. The molecule has 8 nitrogen and oxygen atoms in total. The van der Waals surface area contributed by atoms with Crippen LogP contribution >= 0.6 is 11.6 Å². The molecule has 0 saturated heterocycles. The van der Waals surface area contributed by atoms with Gasteiger partial charge in [-0.2, -0.15) is 0 Å². The highest BCUT2D eigenvalue weighted by Gasteiger charge is 2.22. The van der Waals surface area contributed by atoms with Gasteiger partial charge in [-0.05, 0) is 60.4 Å². The van der Waals surface area contributed by atoms with Crippen LogP contribution in [-0.2, 0) is 22.5 Å². The molecule has 0 fully saturated rings. The molecule has 0 aliphatic heterocycles. The van der Waals surface area contributed by atoms with Crippen LogP contribution in [0.4, 0.5) is 20.6 Å². The molecule has 0 aliphatic carbocycles. The van der Waals surface area contributed by atoms with Crippen molar-refractivity contribution in [1.29, 1.82) is 0 Å². The van der Waals surface area contributed by atoms with Gasteiger partial charge >= 0.3 is 6.03 Å². The van der Waals surface area contributed by atoms with Gasteiger partial charge in [-0.1, -0.05) is 41.9 Å². The zero-order valence-electron chi connectivity index (χ0n) is 24.2. The van der Waals surface area contributed by atoms with Crippen molar-refractivity contribution in [2.45, 2.75) is 19.4 Å². The Bertz CT molecular complexity index is 1490. The molecule has 0 radical (unpaired) electrons. The number of rotatable bonds is 13. The van der Waals surface area contributed by atoms with E-state index in [0.717, 1.165) is 27.7 Å². The molecular formula is C32H37ClFN5O3. The van der Waals surface area contributed by atoms with Crippen LogP contribution in [0.1, 0.15) is 17.5 Å². The van der Waals surface area contributed by atoms with Crippen LogP contribution in [0.15, 0.2) is 72.9 Å². The minimum Gasteiger partial charge on any atom is -0.385 e. The van der Waals surface area contributed by atoms with Crippen LogP contribution in [0, 0.1) is 5.82 Å². The Balaban J connectivity index is 1.53. The molecule has 4 aromatic rings. The number of halogens is 2. The summed E-state index contributed by atoms with van der Waals surface area (Å²) in [5.41, 5.74) is 4.56. The number of nitrogens with one attached hydrogen (secondary N) is 2. The summed E-state index contributed by atoms with van der Waals surface area (Å²) >= 11 is 5.90. The number of H-pyrrole nitrogens is 1. The number of aromatic amines is 1. The highest BCUT2D eigenvalue weighted by atomic mass is 35.5. The van der Waals surface area contributed by atoms with Gasteiger partial charge in [0.05, 0.1) is 5.02 Å². The molecule has 222 valence electrons. The molecule has 3 aromatic carbocycles. The number of carbonyl (C=O) groups excluding carboxylic acids is 2. The number of amides is 3. The van der Waals surface area contributed by atoms with Crippen LogP contribution in [0.25, 0.3) is 10.9 Å². The van der Waals surface area contributed by atoms with Crippen molar-refractivity contribution in [2.24, 2.45) is 0 Å². The van der Waals surface area contributed by atoms with E-state index in [9.17, 15) is 14.0 Å². The Kier molecular flexibility index (Phi) is 10.8.